The van der Waals surface area contributed by atoms with E-state index in [9.17, 15) is 18.0 Å². The highest BCUT2D eigenvalue weighted by Crippen LogP contribution is 2.23. The van der Waals surface area contributed by atoms with E-state index in [1.807, 2.05) is 0 Å². The molecule has 0 aliphatic heterocycles. The maximum atomic E-state index is 12.8. The van der Waals surface area contributed by atoms with Crippen LogP contribution in [0.25, 0.3) is 0 Å². The Balaban J connectivity index is 1.27. The third kappa shape index (κ3) is 7.25. The lowest BCUT2D eigenvalue weighted by Crippen LogP contribution is -2.26. The number of rotatable bonds is 10. The summed E-state index contributed by atoms with van der Waals surface area (Å²) in [4.78, 5) is 24.7. The van der Waals surface area contributed by atoms with E-state index in [2.05, 4.69) is 15.8 Å². The average molecular weight is 577 g/mol. The Bertz CT molecular complexity index is 1610. The molecule has 4 rings (SSSR count). The first-order valence-electron chi connectivity index (χ1n) is 12.0. The molecule has 40 heavy (non-hydrogen) atoms. The van der Waals surface area contributed by atoms with Crippen molar-refractivity contribution in [2.75, 3.05) is 23.3 Å². The topological polar surface area (TPSA) is 117 Å². The second-order valence-corrected chi connectivity index (χ2v) is 10.8. The number of carbonyl (C=O) groups is 2. The number of hydrogen-bond donors (Lipinski definition) is 2. The van der Waals surface area contributed by atoms with Crippen LogP contribution in [0.4, 0.5) is 11.4 Å². The lowest BCUT2D eigenvalue weighted by Gasteiger charge is -2.19. The molecule has 11 heteroatoms. The first kappa shape index (κ1) is 28.3. The third-order valence-corrected chi connectivity index (χ3v) is 7.80. The molecular weight excluding hydrogens is 552 g/mol. The second kappa shape index (κ2) is 12.9. The van der Waals surface area contributed by atoms with E-state index in [1.165, 1.54) is 37.5 Å². The van der Waals surface area contributed by atoms with Crippen LogP contribution < -0.4 is 19.8 Å². The largest absolute Gasteiger partial charge is 0.484 e. The monoisotopic (exact) mass is 576 g/mol. The molecule has 204 valence electrons. The van der Waals surface area contributed by atoms with Gasteiger partial charge in [0.1, 0.15) is 5.75 Å². The smallest absolute Gasteiger partial charge is 0.271 e. The number of nitrogens with zero attached hydrogens (tertiary/aromatic N) is 2. The molecule has 0 atom stereocenters. The minimum atomic E-state index is -3.72. The molecule has 0 aromatic heterocycles. The van der Waals surface area contributed by atoms with Gasteiger partial charge in [-0.05, 0) is 78.4 Å². The lowest BCUT2D eigenvalue weighted by molar-refractivity contribution is -0.118. The zero-order valence-corrected chi connectivity index (χ0v) is 22.9. The highest BCUT2D eigenvalue weighted by atomic mass is 35.5. The minimum absolute atomic E-state index is 0.173. The molecule has 0 radical (unpaired) electrons. The highest BCUT2D eigenvalue weighted by molar-refractivity contribution is 7.92. The molecule has 0 unspecified atom stereocenters. The van der Waals surface area contributed by atoms with Crippen LogP contribution in [0, 0.1) is 0 Å². The van der Waals surface area contributed by atoms with Crippen LogP contribution in [0.2, 0.25) is 5.02 Å². The first-order chi connectivity index (χ1) is 19.2. The molecule has 0 saturated carbocycles. The highest BCUT2D eigenvalue weighted by Gasteiger charge is 2.21. The van der Waals surface area contributed by atoms with Gasteiger partial charge in [0.15, 0.2) is 6.61 Å². The zero-order chi connectivity index (χ0) is 28.5. The maximum Gasteiger partial charge on any atom is 0.271 e. The van der Waals surface area contributed by atoms with Crippen LogP contribution in [-0.2, 0) is 14.8 Å². The van der Waals surface area contributed by atoms with Gasteiger partial charge in [0.25, 0.3) is 21.8 Å². The first-order valence-corrected chi connectivity index (χ1v) is 13.8. The Hall–Kier alpha value is -4.67. The molecule has 0 aliphatic rings. The number of nitrogens with one attached hydrogen (secondary N) is 2. The number of benzene rings is 4. The van der Waals surface area contributed by atoms with Crippen molar-refractivity contribution in [3.63, 3.8) is 0 Å². The van der Waals surface area contributed by atoms with Crippen molar-refractivity contribution in [2.45, 2.75) is 4.90 Å². The van der Waals surface area contributed by atoms with Gasteiger partial charge < -0.3 is 10.1 Å². The van der Waals surface area contributed by atoms with Gasteiger partial charge in [-0.1, -0.05) is 41.9 Å². The van der Waals surface area contributed by atoms with Crippen molar-refractivity contribution in [1.29, 1.82) is 0 Å². The van der Waals surface area contributed by atoms with Crippen molar-refractivity contribution in [2.24, 2.45) is 5.10 Å². The van der Waals surface area contributed by atoms with Crippen LogP contribution in [-0.4, -0.2) is 40.1 Å². The van der Waals surface area contributed by atoms with Gasteiger partial charge in [0.05, 0.1) is 27.5 Å². The fourth-order valence-electron chi connectivity index (χ4n) is 3.49. The number of carbonyl (C=O) groups excluding carboxylic acids is 2. The molecule has 0 spiro atoms. The van der Waals surface area contributed by atoms with E-state index < -0.39 is 15.9 Å². The normalized spacial score (nSPS) is 11.2. The van der Waals surface area contributed by atoms with Crippen LogP contribution in [0.15, 0.2) is 113 Å². The number of ether oxygens (including phenoxy) is 1. The van der Waals surface area contributed by atoms with Crippen LogP contribution >= 0.6 is 11.6 Å². The van der Waals surface area contributed by atoms with Crippen molar-refractivity contribution >= 4 is 51.0 Å². The molecule has 0 aliphatic carbocycles. The summed E-state index contributed by atoms with van der Waals surface area (Å²) in [7, 11) is -2.27. The molecule has 0 saturated heterocycles. The van der Waals surface area contributed by atoms with Crippen LogP contribution in [0.5, 0.6) is 5.75 Å². The maximum absolute atomic E-state index is 12.8. The Morgan fingerprint density at radius 2 is 1.55 bits per heavy atom. The van der Waals surface area contributed by atoms with Gasteiger partial charge in [-0.2, -0.15) is 5.10 Å². The number of halogens is 1. The zero-order valence-electron chi connectivity index (χ0n) is 21.3. The predicted molar refractivity (Wildman–Crippen MR) is 156 cm³/mol. The van der Waals surface area contributed by atoms with Crippen molar-refractivity contribution in [3.05, 3.63) is 119 Å². The van der Waals surface area contributed by atoms with E-state index in [-0.39, 0.29) is 17.4 Å². The Morgan fingerprint density at radius 3 is 2.23 bits per heavy atom. The molecule has 4 aromatic rings. The van der Waals surface area contributed by atoms with E-state index in [1.54, 1.807) is 78.9 Å². The fourth-order valence-corrected chi connectivity index (χ4v) is 4.89. The Morgan fingerprint density at radius 1 is 0.900 bits per heavy atom. The summed E-state index contributed by atoms with van der Waals surface area (Å²) in [6.45, 7) is -0.193. The number of hydrogen-bond acceptors (Lipinski definition) is 6. The summed E-state index contributed by atoms with van der Waals surface area (Å²) >= 11 is 6.03. The summed E-state index contributed by atoms with van der Waals surface area (Å²) < 4.78 is 32.2. The number of sulfonamides is 1. The molecular formula is C29H25ClN4O5S. The summed E-state index contributed by atoms with van der Waals surface area (Å²) in [6, 6.07) is 27.9. The minimum Gasteiger partial charge on any atom is -0.484 e. The quantitative estimate of drug-likeness (QED) is 0.205. The van der Waals surface area contributed by atoms with E-state index >= 15 is 0 Å². The summed E-state index contributed by atoms with van der Waals surface area (Å²) in [6.07, 6.45) is 1.46. The summed E-state index contributed by atoms with van der Waals surface area (Å²) in [5, 5.41) is 7.08. The van der Waals surface area contributed by atoms with E-state index in [0.29, 0.717) is 33.3 Å². The molecule has 9 nitrogen and oxygen atoms in total. The molecule has 0 bridgehead atoms. The van der Waals surface area contributed by atoms with E-state index in [0.717, 1.165) is 4.31 Å². The molecule has 2 amide bonds. The standard InChI is InChI=1S/C29H25ClN4O5S/c1-34(40(37,38)25-7-3-2-4-8-25)23-15-13-22(14-16-23)29(36)33-31-19-21-11-17-24(18-12-21)39-20-28(35)32-27-10-6-5-9-26(27)30/h2-19H,20H2,1H3,(H,32,35)(H,33,36)/b31-19-. The van der Waals surface area contributed by atoms with E-state index in [4.69, 9.17) is 16.3 Å². The molecule has 0 fully saturated rings. The average Bonchev–Trinajstić information content (AvgIpc) is 2.98. The van der Waals surface area contributed by atoms with Gasteiger partial charge in [-0.15, -0.1) is 0 Å². The van der Waals surface area contributed by atoms with Gasteiger partial charge in [0, 0.05) is 12.6 Å². The predicted octanol–water partition coefficient (Wildman–Crippen LogP) is 4.95. The lowest BCUT2D eigenvalue weighted by atomic mass is 10.2. The number of anilines is 2. The van der Waals surface area contributed by atoms with Crippen molar-refractivity contribution < 1.29 is 22.7 Å². The summed E-state index contributed by atoms with van der Waals surface area (Å²) in [5.41, 5.74) is 4.35. The Labute approximate surface area is 237 Å². The molecule has 2 N–H and O–H groups in total. The van der Waals surface area contributed by atoms with Crippen molar-refractivity contribution in [3.8, 4) is 5.75 Å². The molecule has 0 heterocycles. The number of amides is 2. The molecule has 4 aromatic carbocycles. The Kier molecular flexibility index (Phi) is 9.15. The van der Waals surface area contributed by atoms with Crippen LogP contribution in [0.1, 0.15) is 15.9 Å². The SMILES string of the molecule is CN(c1ccc(C(=O)N/N=C\c2ccc(OCC(=O)Nc3ccccc3Cl)cc2)cc1)S(=O)(=O)c1ccccc1. The fraction of sp³-hybridized carbons (Fsp3) is 0.0690. The number of para-hydroxylation sites is 1. The van der Waals surface area contributed by atoms with Crippen molar-refractivity contribution in [1.82, 2.24) is 5.43 Å². The second-order valence-electron chi connectivity index (χ2n) is 8.42. The van der Waals surface area contributed by atoms with Crippen LogP contribution in [0.3, 0.4) is 0 Å². The van der Waals surface area contributed by atoms with Gasteiger partial charge in [-0.3, -0.25) is 13.9 Å². The summed E-state index contributed by atoms with van der Waals surface area (Å²) in [5.74, 6) is -0.324. The van der Waals surface area contributed by atoms with Gasteiger partial charge in [0.2, 0.25) is 0 Å². The third-order valence-electron chi connectivity index (χ3n) is 5.67. The van der Waals surface area contributed by atoms with Gasteiger partial charge in [-0.25, -0.2) is 13.8 Å². The number of hydrazone groups is 1. The van der Waals surface area contributed by atoms with Gasteiger partial charge >= 0.3 is 0 Å².